The van der Waals surface area contributed by atoms with Gasteiger partial charge in [0.1, 0.15) is 0 Å². The molecule has 0 heterocycles. The number of nitrogens with two attached hydrogens (primary N) is 1. The normalized spacial score (nSPS) is 10.3. The van der Waals surface area contributed by atoms with Gasteiger partial charge in [0.15, 0.2) is 0 Å². The van der Waals surface area contributed by atoms with Crippen LogP contribution in [0.3, 0.4) is 0 Å². The van der Waals surface area contributed by atoms with Crippen molar-refractivity contribution in [2.45, 2.75) is 0 Å². The highest BCUT2D eigenvalue weighted by Gasteiger charge is 2.04. The van der Waals surface area contributed by atoms with Gasteiger partial charge in [-0.05, 0) is 36.4 Å². The molecule has 0 saturated heterocycles. The van der Waals surface area contributed by atoms with Crippen molar-refractivity contribution in [3.63, 3.8) is 0 Å². The molecule has 0 bridgehead atoms. The summed E-state index contributed by atoms with van der Waals surface area (Å²) in [7, 11) is 0. The molecule has 0 aliphatic rings. The van der Waals surface area contributed by atoms with Crippen LogP contribution >= 0.6 is 34.8 Å². The van der Waals surface area contributed by atoms with Gasteiger partial charge >= 0.3 is 0 Å². The number of hydrogen-bond donors (Lipinski definition) is 2. The van der Waals surface area contributed by atoms with E-state index in [-0.39, 0.29) is 0 Å². The van der Waals surface area contributed by atoms with E-state index in [0.29, 0.717) is 26.4 Å². The monoisotopic (exact) mass is 286 g/mol. The minimum absolute atomic E-state index is 0.550. The molecule has 2 aromatic carbocycles. The summed E-state index contributed by atoms with van der Waals surface area (Å²) < 4.78 is 0. The molecule has 0 aliphatic carbocycles. The van der Waals surface area contributed by atoms with E-state index in [1.165, 1.54) is 0 Å². The molecule has 5 heteroatoms. The van der Waals surface area contributed by atoms with Gasteiger partial charge in [0.25, 0.3) is 0 Å². The van der Waals surface area contributed by atoms with Crippen molar-refractivity contribution in [1.29, 1.82) is 0 Å². The largest absolute Gasteiger partial charge is 0.397 e. The maximum Gasteiger partial charge on any atom is 0.0642 e. The molecule has 0 amide bonds. The van der Waals surface area contributed by atoms with Crippen molar-refractivity contribution in [2.75, 3.05) is 11.1 Å². The summed E-state index contributed by atoms with van der Waals surface area (Å²) in [6.07, 6.45) is 0. The molecule has 0 aliphatic heterocycles. The van der Waals surface area contributed by atoms with Crippen molar-refractivity contribution in [2.24, 2.45) is 0 Å². The second-order valence-electron chi connectivity index (χ2n) is 3.48. The molecule has 0 spiro atoms. The van der Waals surface area contributed by atoms with Crippen LogP contribution in [0.5, 0.6) is 0 Å². The highest BCUT2D eigenvalue weighted by atomic mass is 35.5. The fourth-order valence-corrected chi connectivity index (χ4v) is 1.90. The summed E-state index contributed by atoms with van der Waals surface area (Å²) in [5.41, 5.74) is 7.82. The number of halogens is 3. The lowest BCUT2D eigenvalue weighted by molar-refractivity contribution is 1.54. The average molecular weight is 288 g/mol. The van der Waals surface area contributed by atoms with E-state index in [0.717, 1.165) is 5.69 Å². The fourth-order valence-electron chi connectivity index (χ4n) is 1.39. The molecule has 88 valence electrons. The van der Waals surface area contributed by atoms with E-state index in [1.807, 2.05) is 0 Å². The molecular weight excluding hydrogens is 279 g/mol. The number of hydrogen-bond acceptors (Lipinski definition) is 2. The number of rotatable bonds is 2. The van der Waals surface area contributed by atoms with E-state index in [9.17, 15) is 0 Å². The summed E-state index contributed by atoms with van der Waals surface area (Å²) in [4.78, 5) is 0. The summed E-state index contributed by atoms with van der Waals surface area (Å²) in [5.74, 6) is 0. The Morgan fingerprint density at radius 2 is 1.47 bits per heavy atom. The van der Waals surface area contributed by atoms with Crippen molar-refractivity contribution in [3.05, 3.63) is 51.5 Å². The first-order chi connectivity index (χ1) is 8.06. The third-order valence-electron chi connectivity index (χ3n) is 2.21. The lowest BCUT2D eigenvalue weighted by atomic mass is 10.2. The molecule has 0 fully saturated rings. The number of anilines is 3. The van der Waals surface area contributed by atoms with Crippen molar-refractivity contribution < 1.29 is 0 Å². The van der Waals surface area contributed by atoms with Crippen molar-refractivity contribution >= 4 is 51.9 Å². The van der Waals surface area contributed by atoms with Crippen LogP contribution in [0.2, 0.25) is 15.1 Å². The highest BCUT2D eigenvalue weighted by Crippen LogP contribution is 2.31. The Morgan fingerprint density at radius 3 is 2.18 bits per heavy atom. The Labute approximate surface area is 114 Å². The summed E-state index contributed by atoms with van der Waals surface area (Å²) in [6.45, 7) is 0. The number of nitrogens with one attached hydrogen (secondary N) is 1. The first-order valence-corrected chi connectivity index (χ1v) is 5.97. The molecule has 17 heavy (non-hydrogen) atoms. The Balaban J connectivity index is 2.34. The summed E-state index contributed by atoms with van der Waals surface area (Å²) in [6, 6.07) is 10.4. The Kier molecular flexibility index (Phi) is 3.67. The molecule has 0 atom stereocenters. The first-order valence-electron chi connectivity index (χ1n) is 4.83. The lowest BCUT2D eigenvalue weighted by Gasteiger charge is -2.11. The van der Waals surface area contributed by atoms with Crippen LogP contribution in [0.1, 0.15) is 0 Å². The maximum absolute atomic E-state index is 6.04. The topological polar surface area (TPSA) is 38.0 Å². The van der Waals surface area contributed by atoms with Crippen LogP contribution in [0.4, 0.5) is 17.1 Å². The van der Waals surface area contributed by atoms with Gasteiger partial charge in [0.05, 0.1) is 22.1 Å². The molecule has 0 unspecified atom stereocenters. The van der Waals surface area contributed by atoms with Crippen LogP contribution in [-0.2, 0) is 0 Å². The minimum atomic E-state index is 0.550. The van der Waals surface area contributed by atoms with E-state index in [1.54, 1.807) is 36.4 Å². The van der Waals surface area contributed by atoms with Crippen LogP contribution in [-0.4, -0.2) is 0 Å². The zero-order chi connectivity index (χ0) is 12.4. The van der Waals surface area contributed by atoms with Crippen LogP contribution in [0.15, 0.2) is 36.4 Å². The first kappa shape index (κ1) is 12.4. The number of nitrogen functional groups attached to an aromatic ring is 1. The SMILES string of the molecule is Nc1cc(Cl)ccc1Nc1cc(Cl)ccc1Cl. The quantitative estimate of drug-likeness (QED) is 0.765. The second-order valence-corrected chi connectivity index (χ2v) is 4.76. The molecule has 2 nitrogen and oxygen atoms in total. The predicted molar refractivity (Wildman–Crippen MR) is 75.6 cm³/mol. The second kappa shape index (κ2) is 5.05. The Morgan fingerprint density at radius 1 is 0.824 bits per heavy atom. The lowest BCUT2D eigenvalue weighted by Crippen LogP contribution is -1.96. The summed E-state index contributed by atoms with van der Waals surface area (Å²) >= 11 is 17.8. The van der Waals surface area contributed by atoms with Crippen LogP contribution in [0, 0.1) is 0 Å². The maximum atomic E-state index is 6.04. The van der Waals surface area contributed by atoms with Gasteiger partial charge in [0, 0.05) is 10.0 Å². The van der Waals surface area contributed by atoms with Gasteiger partial charge in [-0.1, -0.05) is 34.8 Å². The van der Waals surface area contributed by atoms with E-state index in [2.05, 4.69) is 5.32 Å². The molecule has 2 aromatic rings. The molecule has 0 saturated carbocycles. The highest BCUT2D eigenvalue weighted by molar-refractivity contribution is 6.35. The van der Waals surface area contributed by atoms with Gasteiger partial charge in [0.2, 0.25) is 0 Å². The average Bonchev–Trinajstić information content (AvgIpc) is 2.27. The van der Waals surface area contributed by atoms with Gasteiger partial charge in [-0.15, -0.1) is 0 Å². The molecule has 3 N–H and O–H groups in total. The Bertz CT molecular complexity index is 555. The van der Waals surface area contributed by atoms with Gasteiger partial charge in [-0.3, -0.25) is 0 Å². The summed E-state index contributed by atoms with van der Waals surface area (Å²) in [5, 5.41) is 4.87. The minimum Gasteiger partial charge on any atom is -0.397 e. The van der Waals surface area contributed by atoms with E-state index >= 15 is 0 Å². The number of benzene rings is 2. The smallest absolute Gasteiger partial charge is 0.0642 e. The van der Waals surface area contributed by atoms with E-state index in [4.69, 9.17) is 40.5 Å². The third-order valence-corrected chi connectivity index (χ3v) is 3.01. The van der Waals surface area contributed by atoms with Crippen molar-refractivity contribution in [3.8, 4) is 0 Å². The third kappa shape index (κ3) is 2.97. The predicted octanol–water partition coefficient (Wildman–Crippen LogP) is 4.97. The zero-order valence-electron chi connectivity index (χ0n) is 8.68. The Hall–Kier alpha value is -1.09. The van der Waals surface area contributed by atoms with Gasteiger partial charge in [-0.25, -0.2) is 0 Å². The molecular formula is C12H9Cl3N2. The zero-order valence-corrected chi connectivity index (χ0v) is 10.9. The van der Waals surface area contributed by atoms with Gasteiger partial charge in [-0.2, -0.15) is 0 Å². The molecule has 2 rings (SSSR count). The molecule has 0 radical (unpaired) electrons. The fraction of sp³-hybridized carbons (Fsp3) is 0. The molecule has 0 aromatic heterocycles. The van der Waals surface area contributed by atoms with Crippen LogP contribution < -0.4 is 11.1 Å². The standard InChI is InChI=1S/C12H9Cl3N2/c13-7-2-4-11(10(16)5-7)17-12-6-8(14)1-3-9(12)15/h1-6,17H,16H2. The van der Waals surface area contributed by atoms with Crippen molar-refractivity contribution in [1.82, 2.24) is 0 Å². The van der Waals surface area contributed by atoms with Gasteiger partial charge < -0.3 is 11.1 Å². The van der Waals surface area contributed by atoms with E-state index < -0.39 is 0 Å². The van der Waals surface area contributed by atoms with Crippen LogP contribution in [0.25, 0.3) is 0 Å².